The molecule has 0 bridgehead atoms. The third-order valence-electron chi connectivity index (χ3n) is 3.21. The molecular weight excluding hydrogens is 318 g/mol. The van der Waals surface area contributed by atoms with Crippen LogP contribution in [0.5, 0.6) is 11.5 Å². The fourth-order valence-corrected chi connectivity index (χ4v) is 2.53. The Morgan fingerprint density at radius 3 is 2.70 bits per heavy atom. The number of hydrogen-bond donors (Lipinski definition) is 2. The molecular formula is C16H18BrNO2. The molecule has 3 nitrogen and oxygen atoms in total. The van der Waals surface area contributed by atoms with E-state index in [0.717, 1.165) is 27.9 Å². The number of ether oxygens (including phenoxy) is 1. The topological polar surface area (TPSA) is 41.5 Å². The number of methoxy groups -OCH3 is 1. The van der Waals surface area contributed by atoms with Crippen LogP contribution in [0.25, 0.3) is 0 Å². The zero-order valence-electron chi connectivity index (χ0n) is 11.6. The Kier molecular flexibility index (Phi) is 4.90. The second-order valence-electron chi connectivity index (χ2n) is 4.51. The largest absolute Gasteiger partial charge is 0.508 e. The molecule has 0 aliphatic carbocycles. The quantitative estimate of drug-likeness (QED) is 0.830. The zero-order valence-corrected chi connectivity index (χ0v) is 13.1. The summed E-state index contributed by atoms with van der Waals surface area (Å²) in [5.41, 5.74) is 1.79. The lowest BCUT2D eigenvalue weighted by Crippen LogP contribution is -2.10. The van der Waals surface area contributed by atoms with Crippen molar-refractivity contribution in [3.8, 4) is 11.5 Å². The number of phenolic OH excluding ortho intramolecular Hbond substituents is 1. The summed E-state index contributed by atoms with van der Waals surface area (Å²) in [5, 5.41) is 13.5. The smallest absolute Gasteiger partial charge is 0.141 e. The third kappa shape index (κ3) is 3.25. The van der Waals surface area contributed by atoms with Gasteiger partial charge in [0.1, 0.15) is 11.5 Å². The van der Waals surface area contributed by atoms with E-state index in [1.165, 1.54) is 0 Å². The van der Waals surface area contributed by atoms with Gasteiger partial charge in [-0.25, -0.2) is 0 Å². The van der Waals surface area contributed by atoms with Gasteiger partial charge in [-0.2, -0.15) is 0 Å². The van der Waals surface area contributed by atoms with Gasteiger partial charge in [0.05, 0.1) is 18.8 Å². The molecule has 2 aromatic rings. The number of nitrogens with one attached hydrogen (secondary N) is 1. The van der Waals surface area contributed by atoms with Crippen molar-refractivity contribution in [2.45, 2.75) is 19.4 Å². The Hall–Kier alpha value is -1.68. The summed E-state index contributed by atoms with van der Waals surface area (Å²) in [6.07, 6.45) is 0.849. The molecule has 0 aliphatic heterocycles. The second kappa shape index (κ2) is 6.66. The highest BCUT2D eigenvalue weighted by molar-refractivity contribution is 9.10. The van der Waals surface area contributed by atoms with Crippen molar-refractivity contribution in [2.75, 3.05) is 12.4 Å². The summed E-state index contributed by atoms with van der Waals surface area (Å²) in [6.45, 7) is 2.08. The lowest BCUT2D eigenvalue weighted by atomic mass is 10.0. The Balaban J connectivity index is 2.31. The monoisotopic (exact) mass is 335 g/mol. The molecule has 0 aliphatic rings. The van der Waals surface area contributed by atoms with Crippen LogP contribution < -0.4 is 10.1 Å². The Morgan fingerprint density at radius 2 is 2.00 bits per heavy atom. The molecule has 20 heavy (non-hydrogen) atoms. The molecule has 106 valence electrons. The van der Waals surface area contributed by atoms with Crippen LogP contribution >= 0.6 is 15.9 Å². The van der Waals surface area contributed by atoms with Crippen LogP contribution in [0.15, 0.2) is 46.9 Å². The third-order valence-corrected chi connectivity index (χ3v) is 3.70. The lowest BCUT2D eigenvalue weighted by molar-refractivity contribution is 0.415. The molecule has 2 aromatic carbocycles. The van der Waals surface area contributed by atoms with Gasteiger partial charge in [0.15, 0.2) is 0 Å². The number of aromatic hydroxyl groups is 1. The van der Waals surface area contributed by atoms with Crippen molar-refractivity contribution < 1.29 is 9.84 Å². The van der Waals surface area contributed by atoms with Crippen molar-refractivity contribution in [3.63, 3.8) is 0 Å². The van der Waals surface area contributed by atoms with E-state index in [2.05, 4.69) is 28.2 Å². The maximum atomic E-state index is 10.0. The normalized spacial score (nSPS) is 11.9. The summed E-state index contributed by atoms with van der Waals surface area (Å²) >= 11 is 3.44. The summed E-state index contributed by atoms with van der Waals surface area (Å²) in [6, 6.07) is 13.3. The fraction of sp³-hybridized carbons (Fsp3) is 0.250. The summed E-state index contributed by atoms with van der Waals surface area (Å²) in [7, 11) is 1.65. The van der Waals surface area contributed by atoms with Crippen LogP contribution in [-0.2, 0) is 0 Å². The number of phenols is 1. The van der Waals surface area contributed by atoms with Gasteiger partial charge in [-0.1, -0.05) is 35.0 Å². The molecule has 1 atom stereocenters. The molecule has 2 N–H and O–H groups in total. The first-order chi connectivity index (χ1) is 9.65. The molecule has 0 aromatic heterocycles. The molecule has 0 fully saturated rings. The summed E-state index contributed by atoms with van der Waals surface area (Å²) in [4.78, 5) is 0. The molecule has 0 saturated heterocycles. The number of para-hydroxylation sites is 2. The van der Waals surface area contributed by atoms with Gasteiger partial charge in [0, 0.05) is 10.0 Å². The Labute approximate surface area is 127 Å². The van der Waals surface area contributed by atoms with Crippen LogP contribution in [0, 0.1) is 0 Å². The van der Waals surface area contributed by atoms with E-state index in [4.69, 9.17) is 4.74 Å². The number of benzene rings is 2. The average molecular weight is 336 g/mol. The molecule has 0 spiro atoms. The highest BCUT2D eigenvalue weighted by Gasteiger charge is 2.15. The minimum absolute atomic E-state index is 0.0174. The first-order valence-corrected chi connectivity index (χ1v) is 7.33. The minimum atomic E-state index is 0.0174. The number of anilines is 1. The predicted molar refractivity (Wildman–Crippen MR) is 85.5 cm³/mol. The van der Waals surface area contributed by atoms with E-state index in [9.17, 15) is 5.11 Å². The van der Waals surface area contributed by atoms with Gasteiger partial charge in [0.2, 0.25) is 0 Å². The summed E-state index contributed by atoms with van der Waals surface area (Å²) < 4.78 is 6.30. The molecule has 4 heteroatoms. The van der Waals surface area contributed by atoms with E-state index in [-0.39, 0.29) is 6.04 Å². The van der Waals surface area contributed by atoms with E-state index in [1.807, 2.05) is 36.4 Å². The van der Waals surface area contributed by atoms with Crippen molar-refractivity contribution >= 4 is 21.6 Å². The van der Waals surface area contributed by atoms with Crippen LogP contribution in [-0.4, -0.2) is 12.2 Å². The molecule has 0 saturated carbocycles. The average Bonchev–Trinajstić information content (AvgIpc) is 2.48. The molecule has 1 unspecified atom stereocenters. The van der Waals surface area contributed by atoms with E-state index < -0.39 is 0 Å². The first-order valence-electron chi connectivity index (χ1n) is 6.53. The Bertz CT molecular complexity index is 586. The first kappa shape index (κ1) is 14.7. The standard InChI is InChI=1S/C16H18BrNO2/c1-3-13(12-10-11(17)8-9-15(12)19)18-14-6-4-5-7-16(14)20-2/h4-10,13,18-19H,3H2,1-2H3. The van der Waals surface area contributed by atoms with E-state index in [1.54, 1.807) is 13.2 Å². The molecule has 0 amide bonds. The lowest BCUT2D eigenvalue weighted by Gasteiger charge is -2.21. The van der Waals surface area contributed by atoms with E-state index in [0.29, 0.717) is 5.75 Å². The van der Waals surface area contributed by atoms with Gasteiger partial charge in [-0.05, 0) is 36.8 Å². The molecule has 0 heterocycles. The van der Waals surface area contributed by atoms with Crippen molar-refractivity contribution in [1.82, 2.24) is 0 Å². The van der Waals surface area contributed by atoms with Crippen LogP contribution in [0.1, 0.15) is 24.9 Å². The number of halogens is 1. The predicted octanol–water partition coefficient (Wildman–Crippen LogP) is 4.73. The highest BCUT2D eigenvalue weighted by atomic mass is 79.9. The number of hydrogen-bond acceptors (Lipinski definition) is 3. The maximum Gasteiger partial charge on any atom is 0.141 e. The van der Waals surface area contributed by atoms with Gasteiger partial charge in [0.25, 0.3) is 0 Å². The number of rotatable bonds is 5. The SMILES string of the molecule is CCC(Nc1ccccc1OC)c1cc(Br)ccc1O. The van der Waals surface area contributed by atoms with Crippen molar-refractivity contribution in [1.29, 1.82) is 0 Å². The van der Waals surface area contributed by atoms with Gasteiger partial charge in [-0.3, -0.25) is 0 Å². The van der Waals surface area contributed by atoms with Gasteiger partial charge < -0.3 is 15.2 Å². The van der Waals surface area contributed by atoms with Crippen LogP contribution in [0.4, 0.5) is 5.69 Å². The minimum Gasteiger partial charge on any atom is -0.508 e. The van der Waals surface area contributed by atoms with Gasteiger partial charge in [-0.15, -0.1) is 0 Å². The highest BCUT2D eigenvalue weighted by Crippen LogP contribution is 2.34. The van der Waals surface area contributed by atoms with Crippen molar-refractivity contribution in [3.05, 3.63) is 52.5 Å². The maximum absolute atomic E-state index is 10.0. The summed E-state index contributed by atoms with van der Waals surface area (Å²) in [5.74, 6) is 1.09. The van der Waals surface area contributed by atoms with Gasteiger partial charge >= 0.3 is 0 Å². The van der Waals surface area contributed by atoms with Crippen LogP contribution in [0.3, 0.4) is 0 Å². The van der Waals surface area contributed by atoms with Crippen LogP contribution in [0.2, 0.25) is 0 Å². The fourth-order valence-electron chi connectivity index (χ4n) is 2.16. The molecule has 0 radical (unpaired) electrons. The molecule has 2 rings (SSSR count). The Morgan fingerprint density at radius 1 is 1.25 bits per heavy atom. The van der Waals surface area contributed by atoms with E-state index >= 15 is 0 Å². The zero-order chi connectivity index (χ0) is 14.5. The second-order valence-corrected chi connectivity index (χ2v) is 5.42. The van der Waals surface area contributed by atoms with Crippen molar-refractivity contribution in [2.24, 2.45) is 0 Å².